The Balaban J connectivity index is 1.60. The summed E-state index contributed by atoms with van der Waals surface area (Å²) in [7, 11) is -5.48. The number of amides is 1. The highest BCUT2D eigenvalue weighted by molar-refractivity contribution is 7.93. The summed E-state index contributed by atoms with van der Waals surface area (Å²) in [5.41, 5.74) is 1.28. The molecule has 4 aromatic rings. The molecule has 0 aliphatic rings. The molecule has 0 saturated carbocycles. The van der Waals surface area contributed by atoms with E-state index in [1.807, 2.05) is 6.92 Å². The van der Waals surface area contributed by atoms with E-state index in [9.17, 15) is 21.6 Å². The molecule has 0 aliphatic carbocycles. The van der Waals surface area contributed by atoms with Gasteiger partial charge in [0.2, 0.25) is 5.91 Å². The topological polar surface area (TPSA) is 131 Å². The number of halogens is 2. The second-order valence-corrected chi connectivity index (χ2v) is 13.5. The molecule has 4 aromatic carbocycles. The highest BCUT2D eigenvalue weighted by Gasteiger charge is 2.30. The fourth-order valence-corrected chi connectivity index (χ4v) is 6.86. The van der Waals surface area contributed by atoms with Crippen molar-refractivity contribution in [3.8, 4) is 11.5 Å². The summed E-state index contributed by atoms with van der Waals surface area (Å²) in [5.74, 6) is -0.143. The van der Waals surface area contributed by atoms with Crippen LogP contribution in [0.3, 0.4) is 0 Å². The number of hydrogen-bond donors (Lipinski definition) is 2. The molecule has 4 rings (SSSR count). The van der Waals surface area contributed by atoms with E-state index >= 15 is 0 Å². The fraction of sp³-hybridized carbons (Fsp3) is 0.138. The maximum atomic E-state index is 13.8. The van der Waals surface area contributed by atoms with Crippen molar-refractivity contribution >= 4 is 66.2 Å². The van der Waals surface area contributed by atoms with Crippen molar-refractivity contribution in [3.63, 3.8) is 0 Å². The molecule has 0 heterocycles. The second-order valence-electron chi connectivity index (χ2n) is 9.14. The highest BCUT2D eigenvalue weighted by atomic mass is 35.5. The van der Waals surface area contributed by atoms with Gasteiger partial charge < -0.3 is 14.8 Å². The lowest BCUT2D eigenvalue weighted by Gasteiger charge is -2.26. The molecule has 0 radical (unpaired) electrons. The predicted molar refractivity (Wildman–Crippen MR) is 168 cm³/mol. The number of ether oxygens (including phenoxy) is 2. The predicted octanol–water partition coefficient (Wildman–Crippen LogP) is 5.95. The van der Waals surface area contributed by atoms with Gasteiger partial charge in [0.1, 0.15) is 18.0 Å². The van der Waals surface area contributed by atoms with Gasteiger partial charge >= 0.3 is 0 Å². The zero-order chi connectivity index (χ0) is 31.4. The number of aryl methyl sites for hydroxylation is 1. The number of rotatable bonds is 11. The first-order valence-corrected chi connectivity index (χ1v) is 16.2. The Bertz CT molecular complexity index is 1850. The van der Waals surface area contributed by atoms with E-state index in [0.717, 1.165) is 9.87 Å². The fourth-order valence-electron chi connectivity index (χ4n) is 3.96. The molecule has 0 fully saturated rings. The maximum Gasteiger partial charge on any atom is 0.264 e. The number of carbonyl (C=O) groups is 1. The van der Waals surface area contributed by atoms with Crippen molar-refractivity contribution in [3.05, 3.63) is 101 Å². The van der Waals surface area contributed by atoms with E-state index in [1.54, 1.807) is 24.3 Å². The average molecular weight is 665 g/mol. The molecule has 0 saturated heterocycles. The van der Waals surface area contributed by atoms with Crippen LogP contribution in [0.2, 0.25) is 10.0 Å². The standard InChI is InChI=1S/C29H27Cl2N3O7S2/c1-19-7-12-23(13-8-19)43(38,39)34(26-17-21(40-2)11-16-27(26)41-3)18-28(35)32-20-9-14-22(15-10-20)42(36,37)33-25-6-4-5-24(30)29(25)31/h4-17,33H,18H2,1-3H3,(H,32,35). The normalized spacial score (nSPS) is 11.5. The van der Waals surface area contributed by atoms with Crippen LogP contribution in [0.5, 0.6) is 11.5 Å². The van der Waals surface area contributed by atoms with Gasteiger partial charge in [0, 0.05) is 11.8 Å². The van der Waals surface area contributed by atoms with E-state index in [2.05, 4.69) is 10.0 Å². The Hall–Kier alpha value is -3.97. The molecule has 0 atom stereocenters. The first-order valence-electron chi connectivity index (χ1n) is 12.5. The Morgan fingerprint density at radius 3 is 2.12 bits per heavy atom. The van der Waals surface area contributed by atoms with Crippen molar-refractivity contribution < 1.29 is 31.1 Å². The minimum absolute atomic E-state index is 0.0300. The molecule has 0 unspecified atom stereocenters. The monoisotopic (exact) mass is 663 g/mol. The first kappa shape index (κ1) is 32.0. The van der Waals surface area contributed by atoms with Crippen LogP contribution in [0.1, 0.15) is 5.56 Å². The third-order valence-electron chi connectivity index (χ3n) is 6.20. The summed E-state index contributed by atoms with van der Waals surface area (Å²) >= 11 is 12.1. The van der Waals surface area contributed by atoms with Gasteiger partial charge in [-0.15, -0.1) is 0 Å². The van der Waals surface area contributed by atoms with Gasteiger partial charge in [-0.3, -0.25) is 13.8 Å². The number of hydrogen-bond acceptors (Lipinski definition) is 7. The van der Waals surface area contributed by atoms with Crippen LogP contribution >= 0.6 is 23.2 Å². The number of nitrogens with zero attached hydrogens (tertiary/aromatic N) is 1. The second kappa shape index (κ2) is 13.1. The molecule has 2 N–H and O–H groups in total. The number of carbonyl (C=O) groups excluding carboxylic acids is 1. The van der Waals surface area contributed by atoms with Gasteiger partial charge in [0.15, 0.2) is 0 Å². The summed E-state index contributed by atoms with van der Waals surface area (Å²) < 4.78 is 67.4. The van der Waals surface area contributed by atoms with Gasteiger partial charge in [0.25, 0.3) is 20.0 Å². The smallest absolute Gasteiger partial charge is 0.264 e. The third-order valence-corrected chi connectivity index (χ3v) is 10.2. The average Bonchev–Trinajstić information content (AvgIpc) is 2.98. The van der Waals surface area contributed by atoms with E-state index in [-0.39, 0.29) is 42.6 Å². The van der Waals surface area contributed by atoms with E-state index in [4.69, 9.17) is 32.7 Å². The molecule has 0 spiro atoms. The van der Waals surface area contributed by atoms with Gasteiger partial charge in [-0.1, -0.05) is 47.0 Å². The van der Waals surface area contributed by atoms with E-state index in [0.29, 0.717) is 5.75 Å². The zero-order valence-electron chi connectivity index (χ0n) is 23.2. The van der Waals surface area contributed by atoms with Crippen LogP contribution in [-0.4, -0.2) is 43.5 Å². The lowest BCUT2D eigenvalue weighted by Crippen LogP contribution is -2.38. The first-order chi connectivity index (χ1) is 20.3. The van der Waals surface area contributed by atoms with Crippen LogP contribution < -0.4 is 23.8 Å². The van der Waals surface area contributed by atoms with Crippen LogP contribution in [-0.2, 0) is 24.8 Å². The van der Waals surface area contributed by atoms with Crippen LogP contribution in [0.4, 0.5) is 17.1 Å². The molecular formula is C29H27Cl2N3O7S2. The van der Waals surface area contributed by atoms with Crippen molar-refractivity contribution in [2.24, 2.45) is 0 Å². The van der Waals surface area contributed by atoms with Gasteiger partial charge in [-0.2, -0.15) is 0 Å². The lowest BCUT2D eigenvalue weighted by molar-refractivity contribution is -0.114. The number of benzene rings is 4. The Kier molecular flexibility index (Phi) is 9.75. The Labute approximate surface area is 260 Å². The summed E-state index contributed by atoms with van der Waals surface area (Å²) in [6, 6.07) is 20.6. The quantitative estimate of drug-likeness (QED) is 0.203. The van der Waals surface area contributed by atoms with Crippen LogP contribution in [0.15, 0.2) is 94.7 Å². The molecule has 226 valence electrons. The molecule has 0 aromatic heterocycles. The van der Waals surface area contributed by atoms with Crippen molar-refractivity contribution in [1.29, 1.82) is 0 Å². The van der Waals surface area contributed by atoms with E-state index < -0.39 is 32.5 Å². The Morgan fingerprint density at radius 1 is 0.837 bits per heavy atom. The summed E-state index contributed by atoms with van der Waals surface area (Å²) in [6.07, 6.45) is 0. The van der Waals surface area contributed by atoms with Gasteiger partial charge in [0.05, 0.1) is 45.4 Å². The number of anilines is 3. The summed E-state index contributed by atoms with van der Waals surface area (Å²) in [5, 5.41) is 2.85. The molecule has 43 heavy (non-hydrogen) atoms. The molecule has 1 amide bonds. The largest absolute Gasteiger partial charge is 0.497 e. The minimum atomic E-state index is -4.25. The number of sulfonamides is 2. The third kappa shape index (κ3) is 7.34. The highest BCUT2D eigenvalue weighted by Crippen LogP contribution is 2.36. The Morgan fingerprint density at radius 2 is 1.49 bits per heavy atom. The molecule has 0 aliphatic heterocycles. The lowest BCUT2D eigenvalue weighted by atomic mass is 10.2. The summed E-state index contributed by atoms with van der Waals surface area (Å²) in [4.78, 5) is 13.1. The number of methoxy groups -OCH3 is 2. The van der Waals surface area contributed by atoms with Gasteiger partial charge in [-0.05, 0) is 67.6 Å². The SMILES string of the molecule is COc1ccc(OC)c(N(CC(=O)Nc2ccc(S(=O)(=O)Nc3cccc(Cl)c3Cl)cc2)S(=O)(=O)c2ccc(C)cc2)c1. The van der Waals surface area contributed by atoms with Gasteiger partial charge in [-0.25, -0.2) is 16.8 Å². The zero-order valence-corrected chi connectivity index (χ0v) is 26.3. The maximum absolute atomic E-state index is 13.8. The van der Waals surface area contributed by atoms with Crippen molar-refractivity contribution in [2.75, 3.05) is 35.1 Å². The molecule has 14 heteroatoms. The van der Waals surface area contributed by atoms with Crippen molar-refractivity contribution in [1.82, 2.24) is 0 Å². The minimum Gasteiger partial charge on any atom is -0.497 e. The molecular weight excluding hydrogens is 637 g/mol. The molecule has 0 bridgehead atoms. The van der Waals surface area contributed by atoms with Crippen molar-refractivity contribution in [2.45, 2.75) is 16.7 Å². The number of nitrogens with one attached hydrogen (secondary N) is 2. The van der Waals surface area contributed by atoms with Crippen LogP contribution in [0.25, 0.3) is 0 Å². The summed E-state index contributed by atoms with van der Waals surface area (Å²) in [6.45, 7) is 1.19. The van der Waals surface area contributed by atoms with E-state index in [1.165, 1.54) is 74.9 Å². The van der Waals surface area contributed by atoms with Crippen LogP contribution in [0, 0.1) is 6.92 Å². The molecule has 10 nitrogen and oxygen atoms in total.